The maximum atomic E-state index is 12.4. The van der Waals surface area contributed by atoms with Crippen LogP contribution in [0.5, 0.6) is 0 Å². The van der Waals surface area contributed by atoms with Gasteiger partial charge in [0.05, 0.1) is 11.8 Å². The predicted molar refractivity (Wildman–Crippen MR) is 77.1 cm³/mol. The predicted octanol–water partition coefficient (Wildman–Crippen LogP) is 2.67. The molecule has 0 aliphatic heterocycles. The Morgan fingerprint density at radius 1 is 0.950 bits per heavy atom. The zero-order valence-corrected chi connectivity index (χ0v) is 12.8. The van der Waals surface area contributed by atoms with E-state index in [1.54, 1.807) is 0 Å². The third-order valence-electron chi connectivity index (χ3n) is 5.40. The number of rotatable bonds is 3. The van der Waals surface area contributed by atoms with E-state index in [0.29, 0.717) is 24.7 Å². The number of carboxylic acids is 1. The molecule has 0 bridgehead atoms. The molecular formula is C16H27NO3. The molecule has 6 atom stereocenters. The Morgan fingerprint density at radius 3 is 2.20 bits per heavy atom. The second kappa shape index (κ2) is 6.15. The minimum atomic E-state index is -0.819. The Bertz CT molecular complexity index is 382. The van der Waals surface area contributed by atoms with Gasteiger partial charge in [0.2, 0.25) is 5.91 Å². The molecule has 2 fully saturated rings. The summed E-state index contributed by atoms with van der Waals surface area (Å²) in [5.74, 6) is 0.00104. The smallest absolute Gasteiger partial charge is 0.307 e. The summed E-state index contributed by atoms with van der Waals surface area (Å²) in [5, 5.41) is 12.4. The molecule has 0 aromatic heterocycles. The first kappa shape index (κ1) is 15.3. The average molecular weight is 281 g/mol. The first-order valence-electron chi connectivity index (χ1n) is 7.91. The van der Waals surface area contributed by atoms with Gasteiger partial charge in [-0.05, 0) is 49.9 Å². The lowest BCUT2D eigenvalue weighted by atomic mass is 9.79. The van der Waals surface area contributed by atoms with Crippen molar-refractivity contribution in [3.8, 4) is 0 Å². The Hall–Kier alpha value is -1.06. The molecule has 0 aromatic rings. The van der Waals surface area contributed by atoms with Gasteiger partial charge in [-0.1, -0.05) is 20.8 Å². The van der Waals surface area contributed by atoms with Crippen LogP contribution in [0.4, 0.5) is 0 Å². The molecule has 20 heavy (non-hydrogen) atoms. The van der Waals surface area contributed by atoms with Crippen LogP contribution in [-0.4, -0.2) is 23.0 Å². The highest BCUT2D eigenvalue weighted by Gasteiger charge is 2.41. The van der Waals surface area contributed by atoms with Crippen LogP contribution in [0.1, 0.15) is 52.9 Å². The van der Waals surface area contributed by atoms with Gasteiger partial charge in [-0.3, -0.25) is 9.59 Å². The van der Waals surface area contributed by atoms with Crippen molar-refractivity contribution in [3.05, 3.63) is 0 Å². The van der Waals surface area contributed by atoms with Crippen molar-refractivity contribution in [3.63, 3.8) is 0 Å². The zero-order valence-electron chi connectivity index (χ0n) is 12.8. The third-order valence-corrected chi connectivity index (χ3v) is 5.40. The van der Waals surface area contributed by atoms with Crippen LogP contribution in [0.25, 0.3) is 0 Å². The first-order chi connectivity index (χ1) is 9.38. The molecular weight excluding hydrogens is 254 g/mol. The fourth-order valence-corrected chi connectivity index (χ4v) is 3.84. The van der Waals surface area contributed by atoms with E-state index in [4.69, 9.17) is 0 Å². The maximum absolute atomic E-state index is 12.4. The zero-order chi connectivity index (χ0) is 14.9. The molecule has 0 saturated heterocycles. The van der Waals surface area contributed by atoms with Gasteiger partial charge in [0.1, 0.15) is 0 Å². The largest absolute Gasteiger partial charge is 0.481 e. The Balaban J connectivity index is 1.92. The molecule has 2 aliphatic rings. The number of aliphatic carboxylic acids is 1. The summed E-state index contributed by atoms with van der Waals surface area (Å²) < 4.78 is 0. The fraction of sp³-hybridized carbons (Fsp3) is 0.875. The van der Waals surface area contributed by atoms with E-state index in [0.717, 1.165) is 25.2 Å². The minimum absolute atomic E-state index is 0.0338. The number of hydrogen-bond donors (Lipinski definition) is 2. The molecule has 4 heteroatoms. The summed E-state index contributed by atoms with van der Waals surface area (Å²) in [6.45, 7) is 6.54. The summed E-state index contributed by atoms with van der Waals surface area (Å²) in [5.41, 5.74) is 0. The summed E-state index contributed by atoms with van der Waals surface area (Å²) >= 11 is 0. The highest BCUT2D eigenvalue weighted by atomic mass is 16.4. The molecule has 0 heterocycles. The van der Waals surface area contributed by atoms with E-state index < -0.39 is 11.9 Å². The topological polar surface area (TPSA) is 66.4 Å². The average Bonchev–Trinajstić information content (AvgIpc) is 2.76. The van der Waals surface area contributed by atoms with Crippen molar-refractivity contribution in [2.75, 3.05) is 0 Å². The summed E-state index contributed by atoms with van der Waals surface area (Å²) in [7, 11) is 0. The highest BCUT2D eigenvalue weighted by molar-refractivity contribution is 5.85. The van der Waals surface area contributed by atoms with E-state index in [1.807, 2.05) is 6.92 Å². The van der Waals surface area contributed by atoms with Gasteiger partial charge in [0.15, 0.2) is 0 Å². The van der Waals surface area contributed by atoms with Crippen molar-refractivity contribution in [1.82, 2.24) is 5.32 Å². The quantitative estimate of drug-likeness (QED) is 0.836. The van der Waals surface area contributed by atoms with Crippen LogP contribution in [0.15, 0.2) is 0 Å². The molecule has 2 saturated carbocycles. The van der Waals surface area contributed by atoms with Gasteiger partial charge in [-0.25, -0.2) is 0 Å². The van der Waals surface area contributed by atoms with Crippen LogP contribution in [0.3, 0.4) is 0 Å². The number of nitrogens with one attached hydrogen (secondary N) is 1. The Kier molecular flexibility index (Phi) is 4.71. The summed E-state index contributed by atoms with van der Waals surface area (Å²) in [4.78, 5) is 23.7. The number of carbonyl (C=O) groups excluding carboxylic acids is 1. The van der Waals surface area contributed by atoms with Crippen molar-refractivity contribution >= 4 is 11.9 Å². The number of hydrogen-bond acceptors (Lipinski definition) is 2. The van der Waals surface area contributed by atoms with Crippen LogP contribution in [0.2, 0.25) is 0 Å². The van der Waals surface area contributed by atoms with Gasteiger partial charge in [0, 0.05) is 6.04 Å². The lowest BCUT2D eigenvalue weighted by molar-refractivity contribution is -0.146. The van der Waals surface area contributed by atoms with E-state index >= 15 is 0 Å². The van der Waals surface area contributed by atoms with Gasteiger partial charge < -0.3 is 10.4 Å². The molecule has 114 valence electrons. The second-order valence-electron chi connectivity index (χ2n) is 7.10. The van der Waals surface area contributed by atoms with Crippen molar-refractivity contribution < 1.29 is 14.7 Å². The third kappa shape index (κ3) is 3.33. The summed E-state index contributed by atoms with van der Waals surface area (Å²) in [6.07, 6.45) is 4.53. The Morgan fingerprint density at radius 2 is 1.60 bits per heavy atom. The fourth-order valence-electron chi connectivity index (χ4n) is 3.84. The molecule has 6 unspecified atom stereocenters. The van der Waals surface area contributed by atoms with E-state index in [2.05, 4.69) is 19.2 Å². The van der Waals surface area contributed by atoms with Crippen molar-refractivity contribution in [2.24, 2.45) is 29.6 Å². The minimum Gasteiger partial charge on any atom is -0.481 e. The summed E-state index contributed by atoms with van der Waals surface area (Å²) in [6, 6.07) is 0.235. The van der Waals surface area contributed by atoms with Crippen LogP contribution < -0.4 is 5.32 Å². The van der Waals surface area contributed by atoms with Gasteiger partial charge in [-0.15, -0.1) is 0 Å². The first-order valence-corrected chi connectivity index (χ1v) is 7.91. The van der Waals surface area contributed by atoms with Crippen molar-refractivity contribution in [1.29, 1.82) is 0 Å². The van der Waals surface area contributed by atoms with E-state index in [1.165, 1.54) is 0 Å². The number of carbonyl (C=O) groups is 2. The highest BCUT2D eigenvalue weighted by Crippen LogP contribution is 2.37. The van der Waals surface area contributed by atoms with Crippen LogP contribution >= 0.6 is 0 Å². The van der Waals surface area contributed by atoms with E-state index in [9.17, 15) is 14.7 Å². The van der Waals surface area contributed by atoms with Crippen LogP contribution in [-0.2, 0) is 9.59 Å². The normalized spacial score (nSPS) is 41.4. The van der Waals surface area contributed by atoms with Crippen molar-refractivity contribution in [2.45, 2.75) is 58.9 Å². The molecule has 1 amide bonds. The molecule has 2 N–H and O–H groups in total. The molecule has 0 aromatic carbocycles. The Labute approximate surface area is 121 Å². The van der Waals surface area contributed by atoms with Gasteiger partial charge >= 0.3 is 5.97 Å². The standard InChI is InChI=1S/C16H27NO3/c1-9-6-13(14(7-9)16(19)20)15(18)17-12-5-4-10(2)11(3)8-12/h9-14H,4-8H2,1-3H3,(H,17,18)(H,19,20). The molecule has 2 aliphatic carbocycles. The van der Waals surface area contributed by atoms with Crippen LogP contribution in [0, 0.1) is 29.6 Å². The second-order valence-corrected chi connectivity index (χ2v) is 7.10. The lowest BCUT2D eigenvalue weighted by Crippen LogP contribution is -2.44. The monoisotopic (exact) mass is 281 g/mol. The number of carboxylic acid groups (broad SMARTS) is 1. The molecule has 4 nitrogen and oxygen atoms in total. The SMILES string of the molecule is CC1CC(C(=O)O)C(C(=O)NC2CCC(C)C(C)C2)C1. The van der Waals surface area contributed by atoms with E-state index in [-0.39, 0.29) is 17.9 Å². The van der Waals surface area contributed by atoms with Gasteiger partial charge in [0.25, 0.3) is 0 Å². The number of amides is 1. The van der Waals surface area contributed by atoms with Gasteiger partial charge in [-0.2, -0.15) is 0 Å². The molecule has 0 spiro atoms. The molecule has 2 rings (SSSR count). The molecule has 0 radical (unpaired) electrons. The lowest BCUT2D eigenvalue weighted by Gasteiger charge is -2.33. The maximum Gasteiger partial charge on any atom is 0.307 e.